The Labute approximate surface area is 116 Å². The number of benzene rings is 1. The number of hydrogen-bond donors (Lipinski definition) is 1. The second kappa shape index (κ2) is 5.16. The van der Waals surface area contributed by atoms with Gasteiger partial charge in [-0.25, -0.2) is 4.98 Å². The van der Waals surface area contributed by atoms with Crippen molar-refractivity contribution in [1.29, 1.82) is 0 Å². The molecule has 3 aromatic rings. The van der Waals surface area contributed by atoms with Crippen LogP contribution >= 0.6 is 0 Å². The van der Waals surface area contributed by atoms with Crippen molar-refractivity contribution in [3.8, 4) is 23.6 Å². The first kappa shape index (κ1) is 12.4. The number of terminal acetylenes is 1. The minimum Gasteiger partial charge on any atom is -0.335 e. The van der Waals surface area contributed by atoms with Crippen LogP contribution in [0.15, 0.2) is 47.1 Å². The van der Waals surface area contributed by atoms with Crippen LogP contribution in [-0.4, -0.2) is 10.1 Å². The number of pyridine rings is 1. The average Bonchev–Trinajstić information content (AvgIpc) is 2.91. The Balaban J connectivity index is 2.18. The van der Waals surface area contributed by atoms with Crippen LogP contribution in [0.4, 0.5) is 0 Å². The number of nitrogens with zero attached hydrogens (tertiary/aromatic N) is 2. The molecule has 2 aromatic heterocycles. The van der Waals surface area contributed by atoms with Crippen LogP contribution in [0.25, 0.3) is 22.4 Å². The Morgan fingerprint density at radius 3 is 2.95 bits per heavy atom. The fourth-order valence-electron chi connectivity index (χ4n) is 2.25. The standard InChI is InChI=1S/C16H13N3O/c1-2-6-14(17)11-7-3-4-8-12(11)15-13-9-5-10-18-16(13)20-19-15/h1,3-5,7-10,14H,6,17H2. The van der Waals surface area contributed by atoms with Gasteiger partial charge in [0.05, 0.1) is 5.39 Å². The van der Waals surface area contributed by atoms with Gasteiger partial charge in [0.15, 0.2) is 0 Å². The fourth-order valence-corrected chi connectivity index (χ4v) is 2.25. The van der Waals surface area contributed by atoms with Gasteiger partial charge in [0.25, 0.3) is 5.71 Å². The monoisotopic (exact) mass is 263 g/mol. The minimum atomic E-state index is -0.223. The lowest BCUT2D eigenvalue weighted by molar-refractivity contribution is 0.451. The molecule has 0 fully saturated rings. The zero-order valence-corrected chi connectivity index (χ0v) is 10.8. The second-order valence-corrected chi connectivity index (χ2v) is 4.49. The van der Waals surface area contributed by atoms with E-state index < -0.39 is 0 Å². The molecule has 0 spiro atoms. The van der Waals surface area contributed by atoms with Gasteiger partial charge in [0.2, 0.25) is 0 Å². The van der Waals surface area contributed by atoms with E-state index in [1.807, 2.05) is 36.4 Å². The van der Waals surface area contributed by atoms with E-state index in [1.165, 1.54) is 0 Å². The largest absolute Gasteiger partial charge is 0.335 e. The van der Waals surface area contributed by atoms with Crippen molar-refractivity contribution >= 4 is 11.1 Å². The van der Waals surface area contributed by atoms with Gasteiger partial charge >= 0.3 is 0 Å². The number of aromatic nitrogens is 2. The summed E-state index contributed by atoms with van der Waals surface area (Å²) in [6.07, 6.45) is 7.50. The third kappa shape index (κ3) is 2.04. The summed E-state index contributed by atoms with van der Waals surface area (Å²) < 4.78 is 5.26. The minimum absolute atomic E-state index is 0.223. The molecule has 0 aliphatic carbocycles. The molecule has 0 aliphatic heterocycles. The number of rotatable bonds is 3. The van der Waals surface area contributed by atoms with Crippen LogP contribution in [-0.2, 0) is 0 Å². The van der Waals surface area contributed by atoms with E-state index in [4.69, 9.17) is 16.7 Å². The predicted molar refractivity (Wildman–Crippen MR) is 77.6 cm³/mol. The first-order valence-electron chi connectivity index (χ1n) is 6.30. The van der Waals surface area contributed by atoms with Gasteiger partial charge in [-0.2, -0.15) is 0 Å². The molecule has 0 saturated heterocycles. The van der Waals surface area contributed by atoms with Crippen LogP contribution in [0, 0.1) is 12.3 Å². The van der Waals surface area contributed by atoms with E-state index in [0.29, 0.717) is 12.1 Å². The molecule has 2 heterocycles. The summed E-state index contributed by atoms with van der Waals surface area (Å²) in [6, 6.07) is 11.4. The van der Waals surface area contributed by atoms with E-state index in [-0.39, 0.29) is 6.04 Å². The van der Waals surface area contributed by atoms with Gasteiger partial charge in [0.1, 0.15) is 5.69 Å². The maximum Gasteiger partial charge on any atom is 0.258 e. The molecular weight excluding hydrogens is 250 g/mol. The zero-order valence-electron chi connectivity index (χ0n) is 10.8. The maximum atomic E-state index is 6.14. The number of hydrogen-bond acceptors (Lipinski definition) is 4. The number of fused-ring (bicyclic) bond motifs is 1. The topological polar surface area (TPSA) is 64.9 Å². The highest BCUT2D eigenvalue weighted by Crippen LogP contribution is 2.32. The molecule has 4 heteroatoms. The second-order valence-electron chi connectivity index (χ2n) is 4.49. The smallest absolute Gasteiger partial charge is 0.258 e. The Bertz CT molecular complexity index is 786. The molecule has 0 saturated carbocycles. The van der Waals surface area contributed by atoms with Crippen molar-refractivity contribution in [2.45, 2.75) is 12.5 Å². The van der Waals surface area contributed by atoms with Crippen molar-refractivity contribution in [3.63, 3.8) is 0 Å². The van der Waals surface area contributed by atoms with E-state index in [2.05, 4.69) is 16.1 Å². The molecule has 1 unspecified atom stereocenters. The molecule has 20 heavy (non-hydrogen) atoms. The Kier molecular flexibility index (Phi) is 3.20. The van der Waals surface area contributed by atoms with Gasteiger partial charge in [-0.1, -0.05) is 29.4 Å². The maximum absolute atomic E-state index is 6.14. The molecule has 3 rings (SSSR count). The lowest BCUT2D eigenvalue weighted by Gasteiger charge is -2.12. The van der Waals surface area contributed by atoms with Crippen molar-refractivity contribution < 1.29 is 4.52 Å². The Morgan fingerprint density at radius 2 is 2.10 bits per heavy atom. The lowest BCUT2D eigenvalue weighted by Crippen LogP contribution is -2.10. The van der Waals surface area contributed by atoms with Crippen LogP contribution in [0.3, 0.4) is 0 Å². The quantitative estimate of drug-likeness (QED) is 0.738. The molecule has 4 nitrogen and oxygen atoms in total. The molecule has 0 radical (unpaired) electrons. The van der Waals surface area contributed by atoms with Crippen molar-refractivity contribution in [2.75, 3.05) is 0 Å². The summed E-state index contributed by atoms with van der Waals surface area (Å²) in [5, 5.41) is 4.99. The van der Waals surface area contributed by atoms with Crippen molar-refractivity contribution in [2.24, 2.45) is 5.73 Å². The normalized spacial score (nSPS) is 12.2. The van der Waals surface area contributed by atoms with E-state index in [9.17, 15) is 0 Å². The summed E-state index contributed by atoms with van der Waals surface area (Å²) in [4.78, 5) is 4.15. The Morgan fingerprint density at radius 1 is 1.25 bits per heavy atom. The van der Waals surface area contributed by atoms with Crippen molar-refractivity contribution in [3.05, 3.63) is 48.2 Å². The SMILES string of the molecule is C#CCC(N)c1ccccc1-c1noc2ncccc12. The highest BCUT2D eigenvalue weighted by atomic mass is 16.5. The molecule has 1 atom stereocenters. The van der Waals surface area contributed by atoms with Crippen LogP contribution < -0.4 is 5.73 Å². The highest BCUT2D eigenvalue weighted by molar-refractivity contribution is 5.90. The van der Waals surface area contributed by atoms with Gasteiger partial charge in [-0.3, -0.25) is 0 Å². The van der Waals surface area contributed by atoms with Gasteiger partial charge in [-0.15, -0.1) is 12.3 Å². The summed E-state index contributed by atoms with van der Waals surface area (Å²) in [5.74, 6) is 2.59. The Hall–Kier alpha value is -2.64. The van der Waals surface area contributed by atoms with Crippen molar-refractivity contribution in [1.82, 2.24) is 10.1 Å². The van der Waals surface area contributed by atoms with Crippen LogP contribution in [0.5, 0.6) is 0 Å². The van der Waals surface area contributed by atoms with E-state index in [1.54, 1.807) is 6.20 Å². The molecule has 0 amide bonds. The first-order valence-corrected chi connectivity index (χ1v) is 6.30. The summed E-state index contributed by atoms with van der Waals surface area (Å²) in [6.45, 7) is 0. The third-order valence-electron chi connectivity index (χ3n) is 3.20. The molecule has 2 N–H and O–H groups in total. The van der Waals surface area contributed by atoms with Crippen LogP contribution in [0.2, 0.25) is 0 Å². The highest BCUT2D eigenvalue weighted by Gasteiger charge is 2.17. The fraction of sp³-hybridized carbons (Fsp3) is 0.125. The molecule has 98 valence electrons. The molecule has 0 bridgehead atoms. The first-order chi connectivity index (χ1) is 9.81. The summed E-state index contributed by atoms with van der Waals surface area (Å²) in [5.41, 5.74) is 9.30. The van der Waals surface area contributed by atoms with E-state index in [0.717, 1.165) is 22.2 Å². The van der Waals surface area contributed by atoms with Gasteiger partial charge in [0, 0.05) is 24.2 Å². The van der Waals surface area contributed by atoms with Crippen LogP contribution in [0.1, 0.15) is 18.0 Å². The lowest BCUT2D eigenvalue weighted by atomic mass is 9.96. The third-order valence-corrected chi connectivity index (χ3v) is 3.20. The summed E-state index contributed by atoms with van der Waals surface area (Å²) >= 11 is 0. The average molecular weight is 263 g/mol. The molecule has 1 aromatic carbocycles. The van der Waals surface area contributed by atoms with E-state index >= 15 is 0 Å². The zero-order chi connectivity index (χ0) is 13.9. The number of nitrogens with two attached hydrogens (primary N) is 1. The molecule has 0 aliphatic rings. The molecular formula is C16H13N3O. The van der Waals surface area contributed by atoms with Gasteiger partial charge in [-0.05, 0) is 17.7 Å². The predicted octanol–water partition coefficient (Wildman–Crippen LogP) is 2.91. The van der Waals surface area contributed by atoms with Gasteiger partial charge < -0.3 is 10.3 Å². The summed E-state index contributed by atoms with van der Waals surface area (Å²) in [7, 11) is 0.